The maximum atomic E-state index is 15.0. The molecule has 0 radical (unpaired) electrons. The number of piperidine rings is 1. The van der Waals surface area contributed by atoms with Crippen LogP contribution in [-0.2, 0) is 11.0 Å². The molecule has 1 aliphatic carbocycles. The van der Waals surface area contributed by atoms with Crippen molar-refractivity contribution < 1.29 is 27.2 Å². The Morgan fingerprint density at radius 3 is 2.29 bits per heavy atom. The highest BCUT2D eigenvalue weighted by Gasteiger charge is 2.40. The Labute approximate surface area is 243 Å². The second-order valence-electron chi connectivity index (χ2n) is 11.3. The number of nitrogens with zero attached hydrogens (tertiary/aromatic N) is 1. The number of hydrogen-bond acceptors (Lipinski definition) is 4. The van der Waals surface area contributed by atoms with E-state index in [9.17, 15) is 27.2 Å². The van der Waals surface area contributed by atoms with Crippen LogP contribution < -0.4 is 15.5 Å². The van der Waals surface area contributed by atoms with Gasteiger partial charge in [-0.2, -0.15) is 13.2 Å². The lowest BCUT2D eigenvalue weighted by Gasteiger charge is -2.35. The second-order valence-corrected chi connectivity index (χ2v) is 11.3. The molecule has 9 heteroatoms. The normalized spacial score (nSPS) is 19.5. The predicted octanol–water partition coefficient (Wildman–Crippen LogP) is 7.73. The molecule has 2 unspecified atom stereocenters. The van der Waals surface area contributed by atoms with Crippen molar-refractivity contribution in [3.63, 3.8) is 0 Å². The Morgan fingerprint density at radius 1 is 0.905 bits per heavy atom. The summed E-state index contributed by atoms with van der Waals surface area (Å²) in [6.07, 6.45) is 1.02. The third kappa shape index (κ3) is 6.21. The molecule has 2 N–H and O–H groups in total. The van der Waals surface area contributed by atoms with Gasteiger partial charge in [0.1, 0.15) is 5.82 Å². The summed E-state index contributed by atoms with van der Waals surface area (Å²) in [4.78, 5) is 29.0. The van der Waals surface area contributed by atoms with Gasteiger partial charge in [0, 0.05) is 17.8 Å². The number of halogens is 4. The molecule has 222 valence electrons. The van der Waals surface area contributed by atoms with Gasteiger partial charge in [0.2, 0.25) is 5.91 Å². The van der Waals surface area contributed by atoms with Crippen molar-refractivity contribution in [3.8, 4) is 0 Å². The van der Waals surface area contributed by atoms with Crippen molar-refractivity contribution >= 4 is 23.2 Å². The van der Waals surface area contributed by atoms with Crippen LogP contribution in [0.4, 0.5) is 28.9 Å². The largest absolute Gasteiger partial charge is 0.416 e. The van der Waals surface area contributed by atoms with Crippen molar-refractivity contribution in [1.82, 2.24) is 5.32 Å². The molecule has 0 spiro atoms. The van der Waals surface area contributed by atoms with Gasteiger partial charge in [0.15, 0.2) is 0 Å². The molecule has 2 atom stereocenters. The first-order valence-electron chi connectivity index (χ1n) is 14.5. The van der Waals surface area contributed by atoms with Crippen LogP contribution in [0.25, 0.3) is 0 Å². The highest BCUT2D eigenvalue weighted by molar-refractivity contribution is 6.22. The van der Waals surface area contributed by atoms with Crippen LogP contribution in [0.15, 0.2) is 60.7 Å². The van der Waals surface area contributed by atoms with E-state index in [0.29, 0.717) is 25.4 Å². The predicted molar refractivity (Wildman–Crippen MR) is 155 cm³/mol. The average Bonchev–Trinajstić information content (AvgIpc) is 3.47. The molecular formula is C33H35F4N3O2. The summed E-state index contributed by atoms with van der Waals surface area (Å²) in [5.74, 6) is -3.28. The summed E-state index contributed by atoms with van der Waals surface area (Å²) < 4.78 is 56.6. The first kappa shape index (κ1) is 29.8. The molecule has 5 nitrogen and oxygen atoms in total. The summed E-state index contributed by atoms with van der Waals surface area (Å²) in [6, 6.07) is 15.2. The molecule has 3 aromatic rings. The zero-order valence-electron chi connectivity index (χ0n) is 23.7. The van der Waals surface area contributed by atoms with Gasteiger partial charge in [-0.15, -0.1) is 0 Å². The monoisotopic (exact) mass is 581 g/mol. The first-order chi connectivity index (χ1) is 20.0. The van der Waals surface area contributed by atoms with Crippen molar-refractivity contribution in [2.45, 2.75) is 70.6 Å². The lowest BCUT2D eigenvalue weighted by atomic mass is 9.84. The number of carbonyl (C=O) groups excluding carboxylic acids is 2. The highest BCUT2D eigenvalue weighted by Crippen LogP contribution is 2.38. The number of benzene rings is 3. The van der Waals surface area contributed by atoms with Crippen LogP contribution in [0.3, 0.4) is 0 Å². The number of rotatable bonds is 6. The number of anilines is 2. The molecule has 1 saturated heterocycles. The van der Waals surface area contributed by atoms with E-state index in [0.717, 1.165) is 41.1 Å². The Kier molecular flexibility index (Phi) is 8.68. The standard InChI is InChI=1S/C33H35F4N3O2/c1-20-12-17-25(19-27(20)33(35,36)37)40(32(42)29-21(2)7-5-11-28(29)34)31(41)26-10-6-18-38-30(26)22-13-15-24(16-14-22)39-23-8-3-4-9-23/h5,7,11-17,19,23,26,30,38-39H,3-4,6,8-10,18H2,1-2H3. The van der Waals surface area contributed by atoms with Gasteiger partial charge in [0.25, 0.3) is 5.91 Å². The van der Waals surface area contributed by atoms with E-state index in [4.69, 9.17) is 0 Å². The fraction of sp³-hybridized carbons (Fsp3) is 0.394. The van der Waals surface area contributed by atoms with E-state index in [1.54, 1.807) is 0 Å². The number of aryl methyl sites for hydroxylation is 2. The minimum atomic E-state index is -4.70. The van der Waals surface area contributed by atoms with Crippen LogP contribution in [-0.4, -0.2) is 24.4 Å². The van der Waals surface area contributed by atoms with E-state index in [-0.39, 0.29) is 22.4 Å². The van der Waals surface area contributed by atoms with Crippen LogP contribution >= 0.6 is 0 Å². The molecule has 0 aromatic heterocycles. The van der Waals surface area contributed by atoms with Crippen LogP contribution in [0.2, 0.25) is 0 Å². The molecule has 2 fully saturated rings. The SMILES string of the molecule is Cc1ccc(N(C(=O)c2c(C)cccc2F)C(=O)C2CCCNC2c2ccc(NC3CCCC3)cc2)cc1C(F)(F)F. The Bertz CT molecular complexity index is 1430. The highest BCUT2D eigenvalue weighted by atomic mass is 19.4. The van der Waals surface area contributed by atoms with Gasteiger partial charge < -0.3 is 10.6 Å². The second kappa shape index (κ2) is 12.3. The smallest absolute Gasteiger partial charge is 0.382 e. The topological polar surface area (TPSA) is 61.4 Å². The quantitative estimate of drug-likeness (QED) is 0.231. The van der Waals surface area contributed by atoms with Gasteiger partial charge in [0.05, 0.1) is 22.7 Å². The van der Waals surface area contributed by atoms with E-state index >= 15 is 0 Å². The fourth-order valence-electron chi connectivity index (χ4n) is 6.18. The number of alkyl halides is 3. The first-order valence-corrected chi connectivity index (χ1v) is 14.5. The summed E-state index contributed by atoms with van der Waals surface area (Å²) in [6.45, 7) is 3.48. The zero-order chi connectivity index (χ0) is 30.0. The molecule has 0 bridgehead atoms. The van der Waals surface area contributed by atoms with Crippen molar-refractivity contribution in [3.05, 3.63) is 94.3 Å². The number of hydrogen-bond donors (Lipinski definition) is 2. The van der Waals surface area contributed by atoms with Crippen LogP contribution in [0.5, 0.6) is 0 Å². The Balaban J connectivity index is 1.52. The Morgan fingerprint density at radius 2 is 1.62 bits per heavy atom. The lowest BCUT2D eigenvalue weighted by molar-refractivity contribution is -0.138. The van der Waals surface area contributed by atoms with Gasteiger partial charge in [-0.05, 0) is 93.1 Å². The van der Waals surface area contributed by atoms with E-state index in [1.165, 1.54) is 51.0 Å². The molecule has 42 heavy (non-hydrogen) atoms. The lowest BCUT2D eigenvalue weighted by Crippen LogP contribution is -2.48. The molecule has 1 saturated carbocycles. The van der Waals surface area contributed by atoms with Gasteiger partial charge in [-0.1, -0.05) is 43.2 Å². The fourth-order valence-corrected chi connectivity index (χ4v) is 6.18. The number of carbonyl (C=O) groups is 2. The van der Waals surface area contributed by atoms with E-state index in [2.05, 4.69) is 10.6 Å². The van der Waals surface area contributed by atoms with Crippen molar-refractivity contribution in [1.29, 1.82) is 0 Å². The minimum absolute atomic E-state index is 0.0447. The summed E-state index contributed by atoms with van der Waals surface area (Å²) in [7, 11) is 0. The molecule has 5 rings (SSSR count). The maximum absolute atomic E-state index is 15.0. The number of nitrogens with one attached hydrogen (secondary N) is 2. The molecule has 2 aliphatic rings. The third-order valence-electron chi connectivity index (χ3n) is 8.42. The van der Waals surface area contributed by atoms with Crippen LogP contribution in [0.1, 0.15) is 77.2 Å². The molecule has 1 heterocycles. The molecule has 1 aliphatic heterocycles. The van der Waals surface area contributed by atoms with E-state index in [1.807, 2.05) is 24.3 Å². The number of amides is 2. The van der Waals surface area contributed by atoms with Crippen LogP contribution in [0, 0.1) is 25.6 Å². The summed E-state index contributed by atoms with van der Waals surface area (Å²) in [5, 5.41) is 6.92. The zero-order valence-corrected chi connectivity index (χ0v) is 23.7. The van der Waals surface area contributed by atoms with Gasteiger partial charge in [-0.3, -0.25) is 9.59 Å². The summed E-state index contributed by atoms with van der Waals surface area (Å²) in [5.41, 5.74) is 0.504. The Hall–Kier alpha value is -3.72. The van der Waals surface area contributed by atoms with E-state index < -0.39 is 41.3 Å². The van der Waals surface area contributed by atoms with Crippen molar-refractivity contribution in [2.75, 3.05) is 16.8 Å². The minimum Gasteiger partial charge on any atom is -0.382 e. The van der Waals surface area contributed by atoms with Crippen molar-refractivity contribution in [2.24, 2.45) is 5.92 Å². The average molecular weight is 582 g/mol. The van der Waals surface area contributed by atoms with Gasteiger partial charge in [-0.25, -0.2) is 9.29 Å². The molecular weight excluding hydrogens is 546 g/mol. The molecule has 2 amide bonds. The maximum Gasteiger partial charge on any atom is 0.416 e. The van der Waals surface area contributed by atoms with Gasteiger partial charge >= 0.3 is 6.18 Å². The molecule has 3 aromatic carbocycles. The number of imide groups is 1. The summed E-state index contributed by atoms with van der Waals surface area (Å²) >= 11 is 0. The third-order valence-corrected chi connectivity index (χ3v) is 8.42.